The fourth-order valence-electron chi connectivity index (χ4n) is 1.09. The van der Waals surface area contributed by atoms with Gasteiger partial charge in [-0.2, -0.15) is 8.78 Å². The van der Waals surface area contributed by atoms with Crippen LogP contribution in [0, 0.1) is 6.92 Å². The van der Waals surface area contributed by atoms with E-state index in [1.165, 1.54) is 19.1 Å². The Balaban J connectivity index is 3.39. The molecule has 0 spiro atoms. The summed E-state index contributed by atoms with van der Waals surface area (Å²) < 4.78 is 25.1. The van der Waals surface area contributed by atoms with Crippen molar-refractivity contribution in [3.05, 3.63) is 33.7 Å². The zero-order chi connectivity index (χ0) is 10.0. The molecule has 1 aromatic rings. The van der Waals surface area contributed by atoms with E-state index in [0.29, 0.717) is 4.57 Å². The number of aromatic nitrogens is 1. The molecule has 2 N–H and O–H groups in total. The minimum Gasteiger partial charge on any atom is -0.326 e. The van der Waals surface area contributed by atoms with Gasteiger partial charge in [-0.25, -0.2) is 0 Å². The van der Waals surface area contributed by atoms with Gasteiger partial charge < -0.3 is 5.73 Å². The van der Waals surface area contributed by atoms with E-state index in [4.69, 9.17) is 5.73 Å². The van der Waals surface area contributed by atoms with E-state index in [9.17, 15) is 13.6 Å². The van der Waals surface area contributed by atoms with E-state index in [-0.39, 0.29) is 17.8 Å². The molecule has 0 unspecified atom stereocenters. The summed E-state index contributed by atoms with van der Waals surface area (Å²) in [5.41, 5.74) is 4.93. The molecule has 72 valence electrons. The predicted molar refractivity (Wildman–Crippen MR) is 44.6 cm³/mol. The SMILES string of the molecule is Cc1ccc(CN)c(=O)n1C(F)F. The number of nitrogens with two attached hydrogens (primary N) is 1. The van der Waals surface area contributed by atoms with E-state index in [1.807, 2.05) is 0 Å². The minimum atomic E-state index is -2.81. The van der Waals surface area contributed by atoms with Gasteiger partial charge in [-0.1, -0.05) is 6.07 Å². The molecule has 1 heterocycles. The first-order chi connectivity index (χ1) is 6.07. The van der Waals surface area contributed by atoms with Gasteiger partial charge in [-0.15, -0.1) is 0 Å². The van der Waals surface area contributed by atoms with Crippen LogP contribution in [0.3, 0.4) is 0 Å². The lowest BCUT2D eigenvalue weighted by atomic mass is 10.2. The van der Waals surface area contributed by atoms with E-state index in [0.717, 1.165) is 0 Å². The van der Waals surface area contributed by atoms with Crippen molar-refractivity contribution in [3.63, 3.8) is 0 Å². The maximum atomic E-state index is 12.3. The van der Waals surface area contributed by atoms with Crippen LogP contribution in [-0.4, -0.2) is 4.57 Å². The fraction of sp³-hybridized carbons (Fsp3) is 0.375. The van der Waals surface area contributed by atoms with Gasteiger partial charge in [0, 0.05) is 17.8 Å². The molecular weight excluding hydrogens is 178 g/mol. The molecule has 0 atom stereocenters. The fourth-order valence-corrected chi connectivity index (χ4v) is 1.09. The molecule has 0 aliphatic rings. The summed E-state index contributed by atoms with van der Waals surface area (Å²) in [6.07, 6.45) is 0. The molecule has 0 aromatic carbocycles. The number of alkyl halides is 2. The smallest absolute Gasteiger partial charge is 0.321 e. The molecule has 0 fully saturated rings. The van der Waals surface area contributed by atoms with Gasteiger partial charge in [0.05, 0.1) is 0 Å². The molecule has 1 rings (SSSR count). The third kappa shape index (κ3) is 1.75. The largest absolute Gasteiger partial charge is 0.326 e. The Morgan fingerprint density at radius 2 is 2.15 bits per heavy atom. The van der Waals surface area contributed by atoms with Gasteiger partial charge in [-0.05, 0) is 13.0 Å². The van der Waals surface area contributed by atoms with Crippen molar-refractivity contribution in [1.82, 2.24) is 4.57 Å². The van der Waals surface area contributed by atoms with Crippen molar-refractivity contribution in [2.24, 2.45) is 5.73 Å². The topological polar surface area (TPSA) is 48.0 Å². The Morgan fingerprint density at radius 1 is 1.54 bits per heavy atom. The molecule has 13 heavy (non-hydrogen) atoms. The Morgan fingerprint density at radius 3 is 2.62 bits per heavy atom. The molecule has 0 bridgehead atoms. The summed E-state index contributed by atoms with van der Waals surface area (Å²) in [4.78, 5) is 11.3. The van der Waals surface area contributed by atoms with Crippen LogP contribution in [0.1, 0.15) is 17.8 Å². The molecule has 0 aliphatic carbocycles. The van der Waals surface area contributed by atoms with Crippen LogP contribution in [0.2, 0.25) is 0 Å². The van der Waals surface area contributed by atoms with Crippen LogP contribution in [0.15, 0.2) is 16.9 Å². The van der Waals surface area contributed by atoms with Gasteiger partial charge in [-0.3, -0.25) is 9.36 Å². The third-order valence-electron chi connectivity index (χ3n) is 1.81. The summed E-state index contributed by atoms with van der Waals surface area (Å²) in [5, 5.41) is 0. The molecule has 3 nitrogen and oxygen atoms in total. The van der Waals surface area contributed by atoms with Crippen LogP contribution in [-0.2, 0) is 6.54 Å². The van der Waals surface area contributed by atoms with Crippen LogP contribution >= 0.6 is 0 Å². The number of halogens is 2. The third-order valence-corrected chi connectivity index (χ3v) is 1.81. The number of aryl methyl sites for hydroxylation is 1. The Kier molecular flexibility index (Phi) is 2.77. The summed E-state index contributed by atoms with van der Waals surface area (Å²) in [6.45, 7) is -1.38. The molecule has 0 aliphatic heterocycles. The molecule has 0 saturated carbocycles. The highest BCUT2D eigenvalue weighted by Gasteiger charge is 2.12. The first-order valence-corrected chi connectivity index (χ1v) is 3.77. The van der Waals surface area contributed by atoms with Crippen LogP contribution in [0.5, 0.6) is 0 Å². The molecular formula is C8H10F2N2O. The summed E-state index contributed by atoms with van der Waals surface area (Å²) >= 11 is 0. The number of hydrogen-bond acceptors (Lipinski definition) is 2. The number of pyridine rings is 1. The van der Waals surface area contributed by atoms with E-state index < -0.39 is 12.1 Å². The standard InChI is InChI=1S/C8H10F2N2O/c1-5-2-3-6(4-11)7(13)12(5)8(9)10/h2-3,8H,4,11H2,1H3. The van der Waals surface area contributed by atoms with Crippen LogP contribution in [0.25, 0.3) is 0 Å². The van der Waals surface area contributed by atoms with Crippen molar-refractivity contribution in [3.8, 4) is 0 Å². The molecule has 0 saturated heterocycles. The van der Waals surface area contributed by atoms with E-state index in [2.05, 4.69) is 0 Å². The monoisotopic (exact) mass is 188 g/mol. The summed E-state index contributed by atoms with van der Waals surface area (Å²) in [6, 6.07) is 2.92. The van der Waals surface area contributed by atoms with Crippen molar-refractivity contribution in [2.75, 3.05) is 0 Å². The second kappa shape index (κ2) is 3.66. The summed E-state index contributed by atoms with van der Waals surface area (Å²) in [5.74, 6) is 0. The van der Waals surface area contributed by atoms with Gasteiger partial charge in [0.2, 0.25) is 0 Å². The molecule has 5 heteroatoms. The highest BCUT2D eigenvalue weighted by Crippen LogP contribution is 2.10. The zero-order valence-electron chi connectivity index (χ0n) is 7.13. The maximum Gasteiger partial charge on any atom is 0.321 e. The second-order valence-electron chi connectivity index (χ2n) is 2.66. The first-order valence-electron chi connectivity index (χ1n) is 3.77. The van der Waals surface area contributed by atoms with Crippen molar-refractivity contribution in [1.29, 1.82) is 0 Å². The van der Waals surface area contributed by atoms with Crippen LogP contribution in [0.4, 0.5) is 8.78 Å². The van der Waals surface area contributed by atoms with E-state index >= 15 is 0 Å². The Labute approximate surface area is 73.8 Å². The number of hydrogen-bond donors (Lipinski definition) is 1. The number of rotatable bonds is 2. The molecule has 0 radical (unpaired) electrons. The van der Waals surface area contributed by atoms with Gasteiger partial charge in [0.15, 0.2) is 0 Å². The van der Waals surface area contributed by atoms with Crippen molar-refractivity contribution in [2.45, 2.75) is 20.0 Å². The normalized spacial score (nSPS) is 10.8. The van der Waals surface area contributed by atoms with Gasteiger partial charge in [0.1, 0.15) is 0 Å². The maximum absolute atomic E-state index is 12.3. The highest BCUT2D eigenvalue weighted by molar-refractivity contribution is 5.15. The second-order valence-corrected chi connectivity index (χ2v) is 2.66. The van der Waals surface area contributed by atoms with Gasteiger partial charge in [0.25, 0.3) is 5.56 Å². The minimum absolute atomic E-state index is 0.0220. The first kappa shape index (κ1) is 9.85. The summed E-state index contributed by atoms with van der Waals surface area (Å²) in [7, 11) is 0. The molecule has 0 amide bonds. The van der Waals surface area contributed by atoms with Crippen molar-refractivity contribution < 1.29 is 8.78 Å². The Bertz CT molecular complexity index is 360. The number of nitrogens with zero attached hydrogens (tertiary/aromatic N) is 1. The lowest BCUT2D eigenvalue weighted by molar-refractivity contribution is 0.0638. The average molecular weight is 188 g/mol. The quantitative estimate of drug-likeness (QED) is 0.752. The Hall–Kier alpha value is -1.23. The van der Waals surface area contributed by atoms with Crippen molar-refractivity contribution >= 4 is 0 Å². The lowest BCUT2D eigenvalue weighted by Gasteiger charge is -2.09. The average Bonchev–Trinajstić information content (AvgIpc) is 2.04. The van der Waals surface area contributed by atoms with Crippen LogP contribution < -0.4 is 11.3 Å². The zero-order valence-corrected chi connectivity index (χ0v) is 7.13. The van der Waals surface area contributed by atoms with Gasteiger partial charge >= 0.3 is 6.55 Å². The predicted octanol–water partition coefficient (Wildman–Crippen LogP) is 1.01. The lowest BCUT2D eigenvalue weighted by Crippen LogP contribution is -2.27. The van der Waals surface area contributed by atoms with E-state index in [1.54, 1.807) is 0 Å². The highest BCUT2D eigenvalue weighted by atomic mass is 19.3. The molecule has 1 aromatic heterocycles.